The molecule has 2 fully saturated rings. The molecular weight excluding hydrogens is 330 g/mol. The molecule has 0 saturated carbocycles. The number of nitrogens with one attached hydrogen (secondary N) is 1. The van der Waals surface area contributed by atoms with Crippen LogP contribution < -0.4 is 19.5 Å². The topological polar surface area (TPSA) is 46.2 Å². The SMILES string of the molecule is COc1ccc(CN2CCN(CC3CCNCC3)CC2)c(OC)c1OC. The van der Waals surface area contributed by atoms with E-state index in [2.05, 4.69) is 21.2 Å². The fraction of sp³-hybridized carbons (Fsp3) is 0.700. The predicted molar refractivity (Wildman–Crippen MR) is 103 cm³/mol. The molecule has 0 bridgehead atoms. The molecule has 0 unspecified atom stereocenters. The lowest BCUT2D eigenvalue weighted by atomic mass is 9.97. The van der Waals surface area contributed by atoms with Crippen molar-refractivity contribution in [3.63, 3.8) is 0 Å². The molecule has 26 heavy (non-hydrogen) atoms. The van der Waals surface area contributed by atoms with Crippen molar-refractivity contribution in [2.75, 3.05) is 67.1 Å². The van der Waals surface area contributed by atoms with Gasteiger partial charge in [0.2, 0.25) is 5.75 Å². The normalized spacial score (nSPS) is 20.1. The molecule has 1 N–H and O–H groups in total. The first kappa shape index (κ1) is 19.3. The molecule has 6 nitrogen and oxygen atoms in total. The summed E-state index contributed by atoms with van der Waals surface area (Å²) in [6.07, 6.45) is 2.64. The van der Waals surface area contributed by atoms with E-state index in [1.54, 1.807) is 21.3 Å². The highest BCUT2D eigenvalue weighted by Crippen LogP contribution is 2.40. The predicted octanol–water partition coefficient (Wildman–Crippen LogP) is 1.83. The summed E-state index contributed by atoms with van der Waals surface area (Å²) in [5, 5.41) is 3.46. The van der Waals surface area contributed by atoms with E-state index in [1.807, 2.05) is 6.07 Å². The Balaban J connectivity index is 1.55. The first-order chi connectivity index (χ1) is 12.7. The van der Waals surface area contributed by atoms with Crippen molar-refractivity contribution in [3.8, 4) is 17.2 Å². The van der Waals surface area contributed by atoms with Crippen molar-refractivity contribution >= 4 is 0 Å². The molecule has 146 valence electrons. The van der Waals surface area contributed by atoms with Crippen LogP contribution in [0.3, 0.4) is 0 Å². The summed E-state index contributed by atoms with van der Waals surface area (Å²) in [6.45, 7) is 9.01. The van der Waals surface area contributed by atoms with E-state index in [4.69, 9.17) is 14.2 Å². The van der Waals surface area contributed by atoms with Crippen LogP contribution >= 0.6 is 0 Å². The second-order valence-corrected chi connectivity index (χ2v) is 7.26. The molecule has 2 aliphatic heterocycles. The Labute approximate surface area is 157 Å². The van der Waals surface area contributed by atoms with Crippen molar-refractivity contribution in [2.24, 2.45) is 5.92 Å². The van der Waals surface area contributed by atoms with Crippen LogP contribution in [0.1, 0.15) is 18.4 Å². The molecule has 2 aliphatic rings. The van der Waals surface area contributed by atoms with Gasteiger partial charge in [0.25, 0.3) is 0 Å². The Morgan fingerprint density at radius 3 is 2.15 bits per heavy atom. The fourth-order valence-electron chi connectivity index (χ4n) is 4.09. The highest BCUT2D eigenvalue weighted by atomic mass is 16.5. The molecule has 0 aromatic heterocycles. The summed E-state index contributed by atoms with van der Waals surface area (Å²) in [5.74, 6) is 3.04. The first-order valence-electron chi connectivity index (χ1n) is 9.68. The Morgan fingerprint density at radius 2 is 1.54 bits per heavy atom. The van der Waals surface area contributed by atoms with E-state index in [-0.39, 0.29) is 0 Å². The van der Waals surface area contributed by atoms with Gasteiger partial charge in [-0.1, -0.05) is 6.07 Å². The summed E-state index contributed by atoms with van der Waals surface area (Å²) < 4.78 is 16.5. The van der Waals surface area contributed by atoms with Gasteiger partial charge in [-0.25, -0.2) is 0 Å². The molecule has 0 spiro atoms. The summed E-state index contributed by atoms with van der Waals surface area (Å²) in [5.41, 5.74) is 1.15. The molecule has 2 heterocycles. The minimum absolute atomic E-state index is 0.678. The number of methoxy groups -OCH3 is 3. The average molecular weight is 364 g/mol. The van der Waals surface area contributed by atoms with E-state index in [1.165, 1.54) is 32.5 Å². The molecule has 3 rings (SSSR count). The van der Waals surface area contributed by atoms with Crippen LogP contribution in [0.2, 0.25) is 0 Å². The molecule has 0 atom stereocenters. The van der Waals surface area contributed by atoms with Crippen molar-refractivity contribution in [2.45, 2.75) is 19.4 Å². The fourth-order valence-corrected chi connectivity index (χ4v) is 4.09. The van der Waals surface area contributed by atoms with E-state index in [0.717, 1.165) is 50.0 Å². The van der Waals surface area contributed by atoms with Crippen LogP contribution in [0.15, 0.2) is 12.1 Å². The van der Waals surface area contributed by atoms with Crippen molar-refractivity contribution in [3.05, 3.63) is 17.7 Å². The standard InChI is InChI=1S/C20H33N3O3/c1-24-18-5-4-17(19(25-2)20(18)26-3)15-23-12-10-22(11-13-23)14-16-6-8-21-9-7-16/h4-5,16,21H,6-15H2,1-3H3. The Morgan fingerprint density at radius 1 is 0.885 bits per heavy atom. The van der Waals surface area contributed by atoms with Gasteiger partial charge in [0.1, 0.15) is 0 Å². The monoisotopic (exact) mass is 363 g/mol. The quantitative estimate of drug-likeness (QED) is 0.798. The Bertz CT molecular complexity index is 568. The van der Waals surface area contributed by atoms with Crippen LogP contribution in [-0.4, -0.2) is 76.9 Å². The van der Waals surface area contributed by atoms with Crippen LogP contribution in [0, 0.1) is 5.92 Å². The summed E-state index contributed by atoms with van der Waals surface area (Å²) in [7, 11) is 5.00. The smallest absolute Gasteiger partial charge is 0.203 e. The molecule has 0 aliphatic carbocycles. The van der Waals surface area contributed by atoms with Gasteiger partial charge in [0.15, 0.2) is 11.5 Å². The number of rotatable bonds is 7. The maximum atomic E-state index is 5.63. The highest BCUT2D eigenvalue weighted by Gasteiger charge is 2.23. The maximum absolute atomic E-state index is 5.63. The number of benzene rings is 1. The van der Waals surface area contributed by atoms with Crippen LogP contribution in [-0.2, 0) is 6.54 Å². The number of hydrogen-bond donors (Lipinski definition) is 1. The van der Waals surface area contributed by atoms with Gasteiger partial charge in [0, 0.05) is 44.8 Å². The third-order valence-corrected chi connectivity index (χ3v) is 5.62. The van der Waals surface area contributed by atoms with E-state index in [9.17, 15) is 0 Å². The number of piperazine rings is 1. The lowest BCUT2D eigenvalue weighted by molar-refractivity contribution is 0.106. The van der Waals surface area contributed by atoms with Crippen LogP contribution in [0.25, 0.3) is 0 Å². The molecule has 1 aromatic carbocycles. The highest BCUT2D eigenvalue weighted by molar-refractivity contribution is 5.55. The van der Waals surface area contributed by atoms with E-state index in [0.29, 0.717) is 11.5 Å². The van der Waals surface area contributed by atoms with Crippen LogP contribution in [0.4, 0.5) is 0 Å². The third kappa shape index (κ3) is 4.61. The zero-order valence-electron chi connectivity index (χ0n) is 16.4. The molecule has 6 heteroatoms. The Hall–Kier alpha value is -1.50. The first-order valence-corrected chi connectivity index (χ1v) is 9.68. The minimum Gasteiger partial charge on any atom is -0.493 e. The summed E-state index contributed by atoms with van der Waals surface area (Å²) in [6, 6.07) is 4.05. The average Bonchev–Trinajstić information content (AvgIpc) is 2.69. The molecule has 1 aromatic rings. The van der Waals surface area contributed by atoms with Crippen LogP contribution in [0.5, 0.6) is 17.2 Å². The Kier molecular flexibility index (Phi) is 7.00. The maximum Gasteiger partial charge on any atom is 0.203 e. The van der Waals surface area contributed by atoms with Gasteiger partial charge in [-0.2, -0.15) is 0 Å². The van der Waals surface area contributed by atoms with Crippen molar-refractivity contribution in [1.29, 1.82) is 0 Å². The summed E-state index contributed by atoms with van der Waals surface area (Å²) >= 11 is 0. The lowest BCUT2D eigenvalue weighted by Crippen LogP contribution is -2.48. The number of hydrogen-bond acceptors (Lipinski definition) is 6. The van der Waals surface area contributed by atoms with Gasteiger partial charge in [-0.05, 0) is 37.9 Å². The number of ether oxygens (including phenoxy) is 3. The summed E-state index contributed by atoms with van der Waals surface area (Å²) in [4.78, 5) is 5.14. The second kappa shape index (κ2) is 9.44. The molecule has 0 amide bonds. The minimum atomic E-state index is 0.678. The number of piperidine rings is 1. The van der Waals surface area contributed by atoms with Crippen molar-refractivity contribution in [1.82, 2.24) is 15.1 Å². The van der Waals surface area contributed by atoms with Gasteiger partial charge in [-0.3, -0.25) is 4.90 Å². The molecule has 2 saturated heterocycles. The van der Waals surface area contributed by atoms with Gasteiger partial charge >= 0.3 is 0 Å². The zero-order valence-corrected chi connectivity index (χ0v) is 16.4. The lowest BCUT2D eigenvalue weighted by Gasteiger charge is -2.37. The van der Waals surface area contributed by atoms with E-state index < -0.39 is 0 Å². The molecule has 0 radical (unpaired) electrons. The second-order valence-electron chi connectivity index (χ2n) is 7.26. The van der Waals surface area contributed by atoms with E-state index >= 15 is 0 Å². The van der Waals surface area contributed by atoms with Gasteiger partial charge in [-0.15, -0.1) is 0 Å². The third-order valence-electron chi connectivity index (χ3n) is 5.62. The zero-order chi connectivity index (χ0) is 18.4. The van der Waals surface area contributed by atoms with Gasteiger partial charge in [0.05, 0.1) is 21.3 Å². The molecular formula is C20H33N3O3. The number of nitrogens with zero attached hydrogens (tertiary/aromatic N) is 2. The van der Waals surface area contributed by atoms with Crippen molar-refractivity contribution < 1.29 is 14.2 Å². The largest absolute Gasteiger partial charge is 0.493 e. The van der Waals surface area contributed by atoms with Gasteiger partial charge < -0.3 is 24.4 Å².